The van der Waals surface area contributed by atoms with Gasteiger partial charge in [0.1, 0.15) is 5.82 Å². The number of anilines is 1. The van der Waals surface area contributed by atoms with Crippen LogP contribution < -0.4 is 5.32 Å². The SMILES string of the molecule is Cc1ccc(NC(=O)c2ccc(Br)cc2Br)nc1. The molecule has 18 heavy (non-hydrogen) atoms. The summed E-state index contributed by atoms with van der Waals surface area (Å²) in [5.74, 6) is 0.353. The molecule has 1 N–H and O–H groups in total. The predicted octanol–water partition coefficient (Wildman–Crippen LogP) is 4.17. The molecular formula is C13H10Br2N2O. The van der Waals surface area contributed by atoms with Crippen molar-refractivity contribution in [2.45, 2.75) is 6.92 Å². The minimum absolute atomic E-state index is 0.189. The number of halogens is 2. The van der Waals surface area contributed by atoms with Gasteiger partial charge in [0.05, 0.1) is 5.56 Å². The van der Waals surface area contributed by atoms with Crippen LogP contribution >= 0.6 is 31.9 Å². The number of rotatable bonds is 2. The molecule has 0 aliphatic rings. The van der Waals surface area contributed by atoms with Gasteiger partial charge in [-0.2, -0.15) is 0 Å². The largest absolute Gasteiger partial charge is 0.307 e. The van der Waals surface area contributed by atoms with Crippen molar-refractivity contribution in [3.05, 3.63) is 56.6 Å². The van der Waals surface area contributed by atoms with Crippen LogP contribution in [0, 0.1) is 6.92 Å². The zero-order valence-electron chi connectivity index (χ0n) is 9.58. The summed E-state index contributed by atoms with van der Waals surface area (Å²) in [7, 11) is 0. The summed E-state index contributed by atoms with van der Waals surface area (Å²) < 4.78 is 1.65. The van der Waals surface area contributed by atoms with E-state index in [2.05, 4.69) is 42.2 Å². The molecule has 1 amide bonds. The van der Waals surface area contributed by atoms with Crippen LogP contribution in [0.3, 0.4) is 0 Å². The minimum atomic E-state index is -0.189. The molecule has 0 radical (unpaired) electrons. The number of carbonyl (C=O) groups is 1. The molecule has 92 valence electrons. The second-order valence-electron chi connectivity index (χ2n) is 3.80. The first-order valence-corrected chi connectivity index (χ1v) is 6.84. The number of hydrogen-bond donors (Lipinski definition) is 1. The molecule has 0 fully saturated rings. The topological polar surface area (TPSA) is 42.0 Å². The second-order valence-corrected chi connectivity index (χ2v) is 5.57. The predicted molar refractivity (Wildman–Crippen MR) is 78.8 cm³/mol. The zero-order valence-corrected chi connectivity index (χ0v) is 12.7. The van der Waals surface area contributed by atoms with Crippen molar-refractivity contribution in [1.29, 1.82) is 0 Å². The van der Waals surface area contributed by atoms with Crippen molar-refractivity contribution in [2.24, 2.45) is 0 Å². The maximum absolute atomic E-state index is 12.0. The van der Waals surface area contributed by atoms with E-state index >= 15 is 0 Å². The zero-order chi connectivity index (χ0) is 13.1. The van der Waals surface area contributed by atoms with Crippen LogP contribution in [-0.4, -0.2) is 10.9 Å². The van der Waals surface area contributed by atoms with Crippen LogP contribution in [0.25, 0.3) is 0 Å². The highest BCUT2D eigenvalue weighted by molar-refractivity contribution is 9.11. The van der Waals surface area contributed by atoms with Crippen molar-refractivity contribution in [1.82, 2.24) is 4.98 Å². The van der Waals surface area contributed by atoms with E-state index in [1.54, 1.807) is 18.3 Å². The van der Waals surface area contributed by atoms with Gasteiger partial charge in [0.25, 0.3) is 5.91 Å². The summed E-state index contributed by atoms with van der Waals surface area (Å²) >= 11 is 6.71. The number of aryl methyl sites for hydroxylation is 1. The van der Waals surface area contributed by atoms with Crippen LogP contribution in [0.2, 0.25) is 0 Å². The first-order chi connectivity index (χ1) is 8.56. The van der Waals surface area contributed by atoms with Crippen LogP contribution in [0.15, 0.2) is 45.5 Å². The molecule has 1 aromatic heterocycles. The Labute approximate surface area is 122 Å². The lowest BCUT2D eigenvalue weighted by Crippen LogP contribution is -2.13. The van der Waals surface area contributed by atoms with Crippen LogP contribution in [-0.2, 0) is 0 Å². The van der Waals surface area contributed by atoms with E-state index < -0.39 is 0 Å². The molecule has 2 rings (SSSR count). The third-order valence-electron chi connectivity index (χ3n) is 2.33. The fourth-order valence-corrected chi connectivity index (χ4v) is 2.63. The molecule has 0 aliphatic carbocycles. The van der Waals surface area contributed by atoms with Gasteiger partial charge in [0, 0.05) is 15.1 Å². The molecule has 2 aromatic rings. The van der Waals surface area contributed by atoms with Crippen LogP contribution in [0.5, 0.6) is 0 Å². The van der Waals surface area contributed by atoms with E-state index in [-0.39, 0.29) is 5.91 Å². The Hall–Kier alpha value is -1.20. The lowest BCUT2D eigenvalue weighted by atomic mass is 10.2. The number of aromatic nitrogens is 1. The normalized spacial score (nSPS) is 10.2. The standard InChI is InChI=1S/C13H10Br2N2O/c1-8-2-5-12(16-7-8)17-13(18)10-4-3-9(14)6-11(10)15/h2-7H,1H3,(H,16,17,18). The number of hydrogen-bond acceptors (Lipinski definition) is 2. The van der Waals surface area contributed by atoms with Gasteiger partial charge >= 0.3 is 0 Å². The Morgan fingerprint density at radius 3 is 2.61 bits per heavy atom. The van der Waals surface area contributed by atoms with E-state index in [1.165, 1.54) is 0 Å². The summed E-state index contributed by atoms with van der Waals surface area (Å²) in [6.07, 6.45) is 1.71. The van der Waals surface area contributed by atoms with Crippen LogP contribution in [0.4, 0.5) is 5.82 Å². The maximum atomic E-state index is 12.0. The van der Waals surface area contributed by atoms with E-state index in [9.17, 15) is 4.79 Å². The average Bonchev–Trinajstić information content (AvgIpc) is 2.32. The van der Waals surface area contributed by atoms with E-state index in [0.29, 0.717) is 11.4 Å². The molecule has 3 nitrogen and oxygen atoms in total. The summed E-state index contributed by atoms with van der Waals surface area (Å²) in [5.41, 5.74) is 1.62. The highest BCUT2D eigenvalue weighted by atomic mass is 79.9. The number of amides is 1. The van der Waals surface area contributed by atoms with Gasteiger partial charge in [-0.05, 0) is 52.7 Å². The first kappa shape index (κ1) is 13.2. The van der Waals surface area contributed by atoms with Crippen molar-refractivity contribution < 1.29 is 4.79 Å². The van der Waals surface area contributed by atoms with E-state index in [4.69, 9.17) is 0 Å². The smallest absolute Gasteiger partial charge is 0.257 e. The lowest BCUT2D eigenvalue weighted by Gasteiger charge is -2.06. The summed E-state index contributed by atoms with van der Waals surface area (Å²) in [4.78, 5) is 16.2. The van der Waals surface area contributed by atoms with Crippen molar-refractivity contribution >= 4 is 43.6 Å². The maximum Gasteiger partial charge on any atom is 0.257 e. The molecule has 0 atom stereocenters. The molecule has 0 saturated heterocycles. The number of nitrogens with zero attached hydrogens (tertiary/aromatic N) is 1. The molecular weight excluding hydrogens is 360 g/mol. The quantitative estimate of drug-likeness (QED) is 0.863. The summed E-state index contributed by atoms with van der Waals surface area (Å²) in [5, 5.41) is 2.75. The molecule has 0 aliphatic heterocycles. The highest BCUT2D eigenvalue weighted by Gasteiger charge is 2.10. The third kappa shape index (κ3) is 3.17. The number of carbonyl (C=O) groups excluding carboxylic acids is 1. The summed E-state index contributed by atoms with van der Waals surface area (Å²) in [6.45, 7) is 1.95. The van der Waals surface area contributed by atoms with Gasteiger partial charge in [-0.3, -0.25) is 4.79 Å². The number of benzene rings is 1. The van der Waals surface area contributed by atoms with E-state index in [1.807, 2.05) is 25.1 Å². The van der Waals surface area contributed by atoms with Gasteiger partial charge in [-0.25, -0.2) is 4.98 Å². The molecule has 0 saturated carbocycles. The van der Waals surface area contributed by atoms with Gasteiger partial charge in [0.2, 0.25) is 0 Å². The fourth-order valence-electron chi connectivity index (χ4n) is 1.40. The Bertz CT molecular complexity index is 582. The van der Waals surface area contributed by atoms with E-state index in [0.717, 1.165) is 14.5 Å². The minimum Gasteiger partial charge on any atom is -0.307 e. The fraction of sp³-hybridized carbons (Fsp3) is 0.0769. The molecule has 0 bridgehead atoms. The monoisotopic (exact) mass is 368 g/mol. The molecule has 1 heterocycles. The Balaban J connectivity index is 2.19. The van der Waals surface area contributed by atoms with Gasteiger partial charge < -0.3 is 5.32 Å². The highest BCUT2D eigenvalue weighted by Crippen LogP contribution is 2.22. The van der Waals surface area contributed by atoms with Crippen molar-refractivity contribution in [3.63, 3.8) is 0 Å². The van der Waals surface area contributed by atoms with Crippen LogP contribution in [0.1, 0.15) is 15.9 Å². The number of nitrogens with one attached hydrogen (secondary N) is 1. The Morgan fingerprint density at radius 1 is 1.22 bits per heavy atom. The van der Waals surface area contributed by atoms with Crippen molar-refractivity contribution in [3.8, 4) is 0 Å². The molecule has 1 aromatic carbocycles. The van der Waals surface area contributed by atoms with Gasteiger partial charge in [-0.1, -0.05) is 22.0 Å². The molecule has 0 spiro atoms. The Kier molecular flexibility index (Phi) is 4.14. The van der Waals surface area contributed by atoms with Crippen molar-refractivity contribution in [2.75, 3.05) is 5.32 Å². The molecule has 5 heteroatoms. The second kappa shape index (κ2) is 5.63. The lowest BCUT2D eigenvalue weighted by molar-refractivity contribution is 0.102. The number of pyridine rings is 1. The average molecular weight is 370 g/mol. The molecule has 0 unspecified atom stereocenters. The Morgan fingerprint density at radius 2 is 2.00 bits per heavy atom. The third-order valence-corrected chi connectivity index (χ3v) is 3.48. The summed E-state index contributed by atoms with van der Waals surface area (Å²) in [6, 6.07) is 9.08. The van der Waals surface area contributed by atoms with Gasteiger partial charge in [0.15, 0.2) is 0 Å². The van der Waals surface area contributed by atoms with Gasteiger partial charge in [-0.15, -0.1) is 0 Å². The first-order valence-electron chi connectivity index (χ1n) is 5.25.